The molecule has 2 bridgehead atoms. The Morgan fingerprint density at radius 1 is 0.865 bits per heavy atom. The van der Waals surface area contributed by atoms with E-state index in [4.69, 9.17) is 14.2 Å². The van der Waals surface area contributed by atoms with E-state index < -0.39 is 29.9 Å². The molecule has 10 nitrogen and oxygen atoms in total. The van der Waals surface area contributed by atoms with Gasteiger partial charge in [-0.1, -0.05) is 0 Å². The van der Waals surface area contributed by atoms with Crippen LogP contribution in [-0.4, -0.2) is 97.5 Å². The van der Waals surface area contributed by atoms with Crippen molar-refractivity contribution in [3.8, 4) is 0 Å². The molecule has 37 heavy (non-hydrogen) atoms. The molecule has 3 heterocycles. The van der Waals surface area contributed by atoms with E-state index >= 15 is 0 Å². The van der Waals surface area contributed by atoms with E-state index in [2.05, 4.69) is 9.80 Å². The lowest BCUT2D eigenvalue weighted by Gasteiger charge is -2.58. The number of rotatable bonds is 4. The van der Waals surface area contributed by atoms with E-state index in [0.29, 0.717) is 35.3 Å². The van der Waals surface area contributed by atoms with Crippen molar-refractivity contribution in [3.05, 3.63) is 45.0 Å². The Hall–Kier alpha value is -3.37. The second-order valence-corrected chi connectivity index (χ2v) is 10.2. The second-order valence-electron chi connectivity index (χ2n) is 10.2. The molecule has 2 aliphatic carbocycles. The third-order valence-electron chi connectivity index (χ3n) is 8.42. The molecular formula is C27H30N2O8. The fourth-order valence-corrected chi connectivity index (χ4v) is 6.69. The topological polar surface area (TPSA) is 120 Å². The molecule has 0 saturated carbocycles. The average Bonchev–Trinajstić information content (AvgIpc) is 2.85. The highest BCUT2D eigenvalue weighted by Gasteiger charge is 2.56. The van der Waals surface area contributed by atoms with Gasteiger partial charge in [0, 0.05) is 59.0 Å². The molecule has 1 fully saturated rings. The van der Waals surface area contributed by atoms with Crippen LogP contribution in [0.1, 0.15) is 33.6 Å². The molecule has 10 heteroatoms. The van der Waals surface area contributed by atoms with Crippen LogP contribution in [0, 0.1) is 0 Å². The fourth-order valence-electron chi connectivity index (χ4n) is 6.69. The molecule has 0 spiro atoms. The number of esters is 1. The number of methoxy groups -OCH3 is 2. The molecule has 0 aromatic heterocycles. The molecular weight excluding hydrogens is 480 g/mol. The van der Waals surface area contributed by atoms with Gasteiger partial charge in [-0.2, -0.15) is 0 Å². The molecule has 4 atom stereocenters. The van der Waals surface area contributed by atoms with Gasteiger partial charge in [0.2, 0.25) is 11.6 Å². The summed E-state index contributed by atoms with van der Waals surface area (Å²) < 4.78 is 16.0. The standard InChI is InChI=1S/C27H30N2O8/c1-11-22(31)15-7-14-9-29-17(21(28(14)4)20(15)25(34)27(11)36-6)8-16-19(18(29)10-37-13(3)30)24(33)26(35-5)12(2)23(16)32/h14,17-18,21H,7-10H2,1-6H3/t14-,17-,18-,21+/m0/s1. The number of hydrogen-bond acceptors (Lipinski definition) is 10. The van der Waals surface area contributed by atoms with Gasteiger partial charge in [-0.15, -0.1) is 0 Å². The van der Waals surface area contributed by atoms with Gasteiger partial charge in [-0.3, -0.25) is 33.8 Å². The largest absolute Gasteiger partial charge is 0.492 e. The Morgan fingerprint density at radius 2 is 1.41 bits per heavy atom. The first kappa shape index (κ1) is 25.3. The highest BCUT2D eigenvalue weighted by atomic mass is 16.5. The quantitative estimate of drug-likeness (QED) is 0.397. The maximum Gasteiger partial charge on any atom is 0.302 e. The number of carbonyl (C=O) groups excluding carboxylic acids is 5. The van der Waals surface area contributed by atoms with Crippen LogP contribution in [0.15, 0.2) is 45.0 Å². The molecule has 1 saturated heterocycles. The first-order valence-electron chi connectivity index (χ1n) is 12.3. The van der Waals surface area contributed by atoms with Crippen molar-refractivity contribution in [2.24, 2.45) is 0 Å². The zero-order valence-corrected chi connectivity index (χ0v) is 21.8. The minimum Gasteiger partial charge on any atom is -0.492 e. The van der Waals surface area contributed by atoms with Crippen molar-refractivity contribution in [3.63, 3.8) is 0 Å². The number of allylic oxidation sites excluding steroid dienone is 4. The zero-order chi connectivity index (χ0) is 26.9. The molecule has 0 radical (unpaired) electrons. The summed E-state index contributed by atoms with van der Waals surface area (Å²) in [6, 6.07) is -1.74. The highest BCUT2D eigenvalue weighted by molar-refractivity contribution is 6.26. The van der Waals surface area contributed by atoms with Crippen molar-refractivity contribution >= 4 is 29.1 Å². The van der Waals surface area contributed by atoms with Crippen molar-refractivity contribution in [1.82, 2.24) is 9.80 Å². The summed E-state index contributed by atoms with van der Waals surface area (Å²) >= 11 is 0. The van der Waals surface area contributed by atoms with Crippen molar-refractivity contribution in [1.29, 1.82) is 0 Å². The van der Waals surface area contributed by atoms with Crippen molar-refractivity contribution in [2.75, 3.05) is 34.4 Å². The molecule has 0 unspecified atom stereocenters. The number of hydrogen-bond donors (Lipinski definition) is 0. The number of Topliss-reactive ketones (excluding diaryl/α,β-unsaturated/α-hetero) is 4. The van der Waals surface area contributed by atoms with E-state index in [1.54, 1.807) is 13.8 Å². The predicted molar refractivity (Wildman–Crippen MR) is 129 cm³/mol. The first-order chi connectivity index (χ1) is 17.5. The Balaban J connectivity index is 1.66. The van der Waals surface area contributed by atoms with Gasteiger partial charge in [-0.05, 0) is 33.7 Å². The maximum absolute atomic E-state index is 13.6. The number of piperazine rings is 1. The summed E-state index contributed by atoms with van der Waals surface area (Å²) in [5.74, 6) is -1.68. The van der Waals surface area contributed by atoms with Crippen molar-refractivity contribution in [2.45, 2.75) is 57.8 Å². The summed E-state index contributed by atoms with van der Waals surface area (Å²) in [7, 11) is 4.64. The summed E-state index contributed by atoms with van der Waals surface area (Å²) in [5.41, 5.74) is 2.02. The lowest BCUT2D eigenvalue weighted by atomic mass is 9.69. The third kappa shape index (κ3) is 3.49. The molecule has 0 N–H and O–H groups in total. The van der Waals surface area contributed by atoms with Crippen molar-refractivity contribution < 1.29 is 38.2 Å². The van der Waals surface area contributed by atoms with E-state index in [1.807, 2.05) is 7.05 Å². The van der Waals surface area contributed by atoms with Crippen LogP contribution < -0.4 is 0 Å². The van der Waals surface area contributed by atoms with E-state index in [0.717, 1.165) is 0 Å². The third-order valence-corrected chi connectivity index (χ3v) is 8.42. The minimum atomic E-state index is -0.693. The Bertz CT molecular complexity index is 1300. The summed E-state index contributed by atoms with van der Waals surface area (Å²) in [6.45, 7) is 4.79. The average molecular weight is 511 g/mol. The van der Waals surface area contributed by atoms with E-state index in [9.17, 15) is 24.0 Å². The molecule has 5 rings (SSSR count). The number of fused-ring (bicyclic) bond motifs is 5. The number of ether oxygens (including phenoxy) is 3. The zero-order valence-electron chi connectivity index (χ0n) is 21.8. The Labute approximate surface area is 214 Å². The lowest BCUT2D eigenvalue weighted by molar-refractivity contribution is -0.144. The fraction of sp³-hybridized carbons (Fsp3) is 0.519. The van der Waals surface area contributed by atoms with Gasteiger partial charge >= 0.3 is 5.97 Å². The second kappa shape index (κ2) is 8.88. The SMILES string of the molecule is COC1=C(C)C(=O)C2=C(C1=O)[C@H]1[C@@H]3CC4=C(C(=O)C(OC)=C(C)C4=O)[C@H](COC(C)=O)N3C[C@H](C2)N1C. The van der Waals surface area contributed by atoms with E-state index in [-0.39, 0.29) is 59.1 Å². The molecule has 0 aromatic carbocycles. The van der Waals surface area contributed by atoms with Gasteiger partial charge in [-0.25, -0.2) is 0 Å². The van der Waals surface area contributed by atoms with Crippen LogP contribution in [0.25, 0.3) is 0 Å². The van der Waals surface area contributed by atoms with Gasteiger partial charge in [0.1, 0.15) is 6.61 Å². The van der Waals surface area contributed by atoms with Crippen LogP contribution in [0.4, 0.5) is 0 Å². The van der Waals surface area contributed by atoms with Crippen LogP contribution in [0.5, 0.6) is 0 Å². The molecule has 3 aliphatic heterocycles. The van der Waals surface area contributed by atoms with Gasteiger partial charge in [0.25, 0.3) is 0 Å². The van der Waals surface area contributed by atoms with Crippen LogP contribution in [0.2, 0.25) is 0 Å². The Kier molecular flexibility index (Phi) is 6.07. The number of ketones is 4. The smallest absolute Gasteiger partial charge is 0.302 e. The van der Waals surface area contributed by atoms with Crippen LogP contribution >= 0.6 is 0 Å². The van der Waals surface area contributed by atoms with Gasteiger partial charge in [0.15, 0.2) is 23.1 Å². The molecule has 196 valence electrons. The van der Waals surface area contributed by atoms with Gasteiger partial charge in [0.05, 0.1) is 26.3 Å². The first-order valence-corrected chi connectivity index (χ1v) is 12.3. The number of likely N-dealkylation sites (N-methyl/N-ethyl adjacent to an activating group) is 1. The summed E-state index contributed by atoms with van der Waals surface area (Å²) in [4.78, 5) is 69.9. The summed E-state index contributed by atoms with van der Waals surface area (Å²) in [5, 5.41) is 0. The predicted octanol–water partition coefficient (Wildman–Crippen LogP) is 0.816. The van der Waals surface area contributed by atoms with Crippen LogP contribution in [-0.2, 0) is 38.2 Å². The highest BCUT2D eigenvalue weighted by Crippen LogP contribution is 2.47. The summed E-state index contributed by atoms with van der Waals surface area (Å²) in [6.07, 6.45) is 0.571. The number of carbonyl (C=O) groups is 5. The Morgan fingerprint density at radius 3 is 1.95 bits per heavy atom. The molecule has 0 aromatic rings. The lowest BCUT2D eigenvalue weighted by Crippen LogP contribution is -2.70. The van der Waals surface area contributed by atoms with Crippen LogP contribution in [0.3, 0.4) is 0 Å². The minimum absolute atomic E-state index is 0.00672. The maximum atomic E-state index is 13.6. The number of nitrogens with zero attached hydrogens (tertiary/aromatic N) is 2. The molecule has 0 amide bonds. The monoisotopic (exact) mass is 510 g/mol. The molecule has 5 aliphatic rings. The van der Waals surface area contributed by atoms with Gasteiger partial charge < -0.3 is 14.2 Å². The van der Waals surface area contributed by atoms with E-state index in [1.165, 1.54) is 21.1 Å². The normalized spacial score (nSPS) is 30.4.